The SMILES string of the molecule is O=c1oc2ccccc2c2c1C(c1ccc(Cl)cc1)c1c(ncn3nc(-c4ccc(Br)o4)nc13)O2. The van der Waals surface area contributed by atoms with Crippen LogP contribution in [-0.4, -0.2) is 19.6 Å². The molecule has 2 aromatic carbocycles. The van der Waals surface area contributed by atoms with Crippen LogP contribution < -0.4 is 10.4 Å². The summed E-state index contributed by atoms with van der Waals surface area (Å²) in [5, 5.41) is 5.78. The molecule has 0 saturated heterocycles. The van der Waals surface area contributed by atoms with Gasteiger partial charge in [-0.3, -0.25) is 0 Å². The number of fused-ring (bicyclic) bond motifs is 6. The van der Waals surface area contributed by atoms with Crippen LogP contribution in [0.2, 0.25) is 5.02 Å². The fourth-order valence-electron chi connectivity index (χ4n) is 4.46. The number of aromatic nitrogens is 4. The van der Waals surface area contributed by atoms with Gasteiger partial charge < -0.3 is 13.6 Å². The topological polar surface area (TPSA) is 95.7 Å². The van der Waals surface area contributed by atoms with Gasteiger partial charge in [0.2, 0.25) is 11.7 Å². The highest BCUT2D eigenvalue weighted by molar-refractivity contribution is 9.10. The number of halogens is 2. The summed E-state index contributed by atoms with van der Waals surface area (Å²) >= 11 is 9.48. The second-order valence-electron chi connectivity index (χ2n) is 7.99. The van der Waals surface area contributed by atoms with Crippen molar-refractivity contribution in [1.82, 2.24) is 19.6 Å². The van der Waals surface area contributed by atoms with E-state index < -0.39 is 11.5 Å². The Bertz CT molecular complexity index is 1840. The molecular formula is C25H12BrClN4O4. The fourth-order valence-corrected chi connectivity index (χ4v) is 4.89. The Balaban J connectivity index is 1.55. The summed E-state index contributed by atoms with van der Waals surface area (Å²) in [6.07, 6.45) is 1.53. The summed E-state index contributed by atoms with van der Waals surface area (Å²) in [4.78, 5) is 22.6. The second-order valence-corrected chi connectivity index (χ2v) is 9.20. The van der Waals surface area contributed by atoms with E-state index in [9.17, 15) is 4.79 Å². The molecule has 1 unspecified atom stereocenters. The van der Waals surface area contributed by atoms with Gasteiger partial charge in [-0.05, 0) is 57.9 Å². The minimum absolute atomic E-state index is 0.334. The van der Waals surface area contributed by atoms with E-state index in [1.54, 1.807) is 40.9 Å². The van der Waals surface area contributed by atoms with Crippen LogP contribution in [0, 0.1) is 0 Å². The molecule has 170 valence electrons. The third kappa shape index (κ3) is 3.12. The molecule has 0 bridgehead atoms. The van der Waals surface area contributed by atoms with Gasteiger partial charge in [-0.1, -0.05) is 35.9 Å². The molecule has 0 amide bonds. The number of ether oxygens (including phenoxy) is 1. The van der Waals surface area contributed by atoms with Crippen molar-refractivity contribution >= 4 is 44.1 Å². The quantitative estimate of drug-likeness (QED) is 0.238. The lowest BCUT2D eigenvalue weighted by Crippen LogP contribution is -2.22. The summed E-state index contributed by atoms with van der Waals surface area (Å²) in [6, 6.07) is 18.1. The Morgan fingerprint density at radius 2 is 1.80 bits per heavy atom. The van der Waals surface area contributed by atoms with Crippen LogP contribution >= 0.6 is 27.5 Å². The molecule has 7 rings (SSSR count). The Kier molecular flexibility index (Phi) is 4.39. The molecule has 0 spiro atoms. The highest BCUT2D eigenvalue weighted by Gasteiger charge is 2.37. The van der Waals surface area contributed by atoms with Crippen LogP contribution in [0.4, 0.5) is 0 Å². The zero-order valence-electron chi connectivity index (χ0n) is 17.6. The number of furan rings is 1. The maximum absolute atomic E-state index is 13.3. The summed E-state index contributed by atoms with van der Waals surface area (Å²) in [6.45, 7) is 0. The molecule has 4 aromatic heterocycles. The van der Waals surface area contributed by atoms with Crippen LogP contribution in [0.25, 0.3) is 28.2 Å². The largest absolute Gasteiger partial charge is 0.446 e. The van der Waals surface area contributed by atoms with E-state index in [-0.39, 0.29) is 0 Å². The van der Waals surface area contributed by atoms with Crippen LogP contribution in [0.1, 0.15) is 22.6 Å². The van der Waals surface area contributed by atoms with Gasteiger partial charge in [0.05, 0.1) is 22.4 Å². The average Bonchev–Trinajstić information content (AvgIpc) is 3.50. The normalized spacial score (nSPS) is 14.6. The van der Waals surface area contributed by atoms with Crippen molar-refractivity contribution in [2.24, 2.45) is 0 Å². The first-order chi connectivity index (χ1) is 17.1. The molecule has 0 radical (unpaired) electrons. The Morgan fingerprint density at radius 3 is 2.60 bits per heavy atom. The molecule has 0 N–H and O–H groups in total. The van der Waals surface area contributed by atoms with E-state index in [0.29, 0.717) is 60.6 Å². The maximum atomic E-state index is 13.3. The number of hydrogen-bond acceptors (Lipinski definition) is 7. The zero-order chi connectivity index (χ0) is 23.7. The van der Waals surface area contributed by atoms with Gasteiger partial charge >= 0.3 is 5.63 Å². The second kappa shape index (κ2) is 7.53. The Morgan fingerprint density at radius 1 is 0.971 bits per heavy atom. The number of para-hydroxylation sites is 1. The van der Waals surface area contributed by atoms with Crippen LogP contribution in [-0.2, 0) is 0 Å². The first-order valence-electron chi connectivity index (χ1n) is 10.6. The van der Waals surface area contributed by atoms with Crippen molar-refractivity contribution in [3.05, 3.63) is 104 Å². The van der Waals surface area contributed by atoms with Gasteiger partial charge in [-0.15, -0.1) is 5.10 Å². The van der Waals surface area contributed by atoms with E-state index in [1.807, 2.05) is 24.3 Å². The molecule has 0 aliphatic carbocycles. The first-order valence-corrected chi connectivity index (χ1v) is 11.7. The van der Waals surface area contributed by atoms with Crippen molar-refractivity contribution < 1.29 is 13.6 Å². The van der Waals surface area contributed by atoms with E-state index in [1.165, 1.54) is 6.33 Å². The fraction of sp³-hybridized carbons (Fsp3) is 0.0400. The van der Waals surface area contributed by atoms with E-state index in [2.05, 4.69) is 26.0 Å². The molecule has 0 fully saturated rings. The monoisotopic (exact) mass is 546 g/mol. The molecule has 1 atom stereocenters. The highest BCUT2D eigenvalue weighted by atomic mass is 79.9. The molecule has 8 nitrogen and oxygen atoms in total. The van der Waals surface area contributed by atoms with Crippen LogP contribution in [0.3, 0.4) is 0 Å². The van der Waals surface area contributed by atoms with Gasteiger partial charge in [-0.25, -0.2) is 19.3 Å². The molecule has 10 heteroatoms. The predicted molar refractivity (Wildman–Crippen MR) is 131 cm³/mol. The molecule has 35 heavy (non-hydrogen) atoms. The lowest BCUT2D eigenvalue weighted by molar-refractivity contribution is 0.422. The summed E-state index contributed by atoms with van der Waals surface area (Å²) in [5.41, 5.74) is 2.18. The lowest BCUT2D eigenvalue weighted by Gasteiger charge is -2.27. The van der Waals surface area contributed by atoms with Crippen molar-refractivity contribution in [3.8, 4) is 23.2 Å². The molecule has 1 aliphatic rings. The van der Waals surface area contributed by atoms with Crippen molar-refractivity contribution in [2.75, 3.05) is 0 Å². The third-order valence-corrected chi connectivity index (χ3v) is 6.64. The van der Waals surface area contributed by atoms with Crippen LogP contribution in [0.5, 0.6) is 11.6 Å². The number of benzene rings is 2. The Labute approximate surface area is 209 Å². The molecule has 5 heterocycles. The minimum Gasteiger partial charge on any atom is -0.446 e. The highest BCUT2D eigenvalue weighted by Crippen LogP contribution is 2.48. The van der Waals surface area contributed by atoms with Crippen molar-refractivity contribution in [3.63, 3.8) is 0 Å². The van der Waals surface area contributed by atoms with Gasteiger partial charge in [0.1, 0.15) is 11.9 Å². The average molecular weight is 548 g/mol. The number of nitrogens with zero attached hydrogens (tertiary/aromatic N) is 4. The standard InChI is InChI=1S/C25H12BrClN4O4/c26-17-10-9-16(33-17)22-29-23-20-18(12-5-7-13(27)8-6-12)19-21(35-24(20)28-11-31(23)30-22)14-3-1-2-4-15(14)34-25(19)32/h1-11,18H. The smallest absolute Gasteiger partial charge is 0.344 e. The summed E-state index contributed by atoms with van der Waals surface area (Å²) in [7, 11) is 0. The van der Waals surface area contributed by atoms with Crippen molar-refractivity contribution in [1.29, 1.82) is 0 Å². The lowest BCUT2D eigenvalue weighted by atomic mass is 9.84. The zero-order valence-corrected chi connectivity index (χ0v) is 19.9. The summed E-state index contributed by atoms with van der Waals surface area (Å²) in [5.74, 6) is 1.02. The molecule has 1 aliphatic heterocycles. The van der Waals surface area contributed by atoms with E-state index >= 15 is 0 Å². The molecule has 6 aromatic rings. The van der Waals surface area contributed by atoms with Gasteiger partial charge in [0.15, 0.2) is 21.8 Å². The number of rotatable bonds is 2. The van der Waals surface area contributed by atoms with Crippen molar-refractivity contribution in [2.45, 2.75) is 5.92 Å². The summed E-state index contributed by atoms with van der Waals surface area (Å²) < 4.78 is 19.7. The predicted octanol–water partition coefficient (Wildman–Crippen LogP) is 6.19. The molecular weight excluding hydrogens is 536 g/mol. The van der Waals surface area contributed by atoms with Gasteiger partial charge in [0.25, 0.3) is 0 Å². The Hall–Kier alpha value is -3.95. The van der Waals surface area contributed by atoms with E-state index in [0.717, 1.165) is 5.56 Å². The maximum Gasteiger partial charge on any atom is 0.344 e. The van der Waals surface area contributed by atoms with E-state index in [4.69, 9.17) is 30.2 Å². The van der Waals surface area contributed by atoms with Gasteiger partial charge in [-0.2, -0.15) is 0 Å². The minimum atomic E-state index is -0.580. The third-order valence-electron chi connectivity index (χ3n) is 5.96. The van der Waals surface area contributed by atoms with Crippen LogP contribution in [0.15, 0.2) is 85.3 Å². The molecule has 0 saturated carbocycles. The number of hydrogen-bond donors (Lipinski definition) is 0. The first kappa shape index (κ1) is 20.4. The van der Waals surface area contributed by atoms with Gasteiger partial charge in [0, 0.05) is 5.02 Å².